The van der Waals surface area contributed by atoms with Gasteiger partial charge in [-0.1, -0.05) is 6.07 Å². The summed E-state index contributed by atoms with van der Waals surface area (Å²) in [5, 5.41) is 2.87. The van der Waals surface area contributed by atoms with E-state index in [1.807, 2.05) is 25.1 Å². The van der Waals surface area contributed by atoms with Gasteiger partial charge in [-0.05, 0) is 43.4 Å². The third-order valence-electron chi connectivity index (χ3n) is 4.19. The summed E-state index contributed by atoms with van der Waals surface area (Å²) in [6.45, 7) is 3.78. The Balaban J connectivity index is 0.00000192. The molecule has 3 rings (SSSR count). The molecule has 0 spiro atoms. The first-order valence-corrected chi connectivity index (χ1v) is 7.70. The number of H-pyrrole nitrogens is 1. The predicted octanol–water partition coefficient (Wildman–Crippen LogP) is 1.66. The summed E-state index contributed by atoms with van der Waals surface area (Å²) in [4.78, 5) is 19.9. The second-order valence-corrected chi connectivity index (χ2v) is 5.90. The molecule has 23 heavy (non-hydrogen) atoms. The molecule has 2 aromatic rings. The average Bonchev–Trinajstić information content (AvgIpc) is 2.94. The van der Waals surface area contributed by atoms with Gasteiger partial charge < -0.3 is 20.8 Å². The van der Waals surface area contributed by atoms with Crippen molar-refractivity contribution in [2.24, 2.45) is 11.7 Å². The van der Waals surface area contributed by atoms with Crippen molar-refractivity contribution < 1.29 is 9.53 Å². The lowest BCUT2D eigenvalue weighted by Gasteiger charge is -2.26. The van der Waals surface area contributed by atoms with Crippen LogP contribution in [0, 0.1) is 12.8 Å². The molecular formula is C16H23ClN4O2. The number of aromatic amines is 1. The van der Waals surface area contributed by atoms with Gasteiger partial charge in [0.25, 0.3) is 0 Å². The highest BCUT2D eigenvalue weighted by Gasteiger charge is 2.26. The van der Waals surface area contributed by atoms with Crippen LogP contribution in [-0.2, 0) is 16.1 Å². The number of halogens is 1. The van der Waals surface area contributed by atoms with Crippen LogP contribution >= 0.6 is 12.4 Å². The molecule has 1 aliphatic heterocycles. The number of hydrogen-bond acceptors (Lipinski definition) is 4. The zero-order valence-corrected chi connectivity index (χ0v) is 14.0. The van der Waals surface area contributed by atoms with E-state index in [1.54, 1.807) is 0 Å². The Bertz CT molecular complexity index is 667. The number of fused-ring (bicyclic) bond motifs is 1. The molecule has 126 valence electrons. The molecule has 1 aliphatic rings. The Morgan fingerprint density at radius 1 is 1.48 bits per heavy atom. The highest BCUT2D eigenvalue weighted by Crippen LogP contribution is 2.18. The Morgan fingerprint density at radius 3 is 2.96 bits per heavy atom. The zero-order valence-electron chi connectivity index (χ0n) is 13.2. The van der Waals surface area contributed by atoms with Crippen LogP contribution in [0.5, 0.6) is 0 Å². The van der Waals surface area contributed by atoms with Gasteiger partial charge in [0.1, 0.15) is 5.82 Å². The molecule has 1 fully saturated rings. The highest BCUT2D eigenvalue weighted by molar-refractivity contribution is 5.85. The number of carbonyl (C=O) groups excluding carboxylic acids is 1. The summed E-state index contributed by atoms with van der Waals surface area (Å²) in [7, 11) is 0. The predicted molar refractivity (Wildman–Crippen MR) is 91.4 cm³/mol. The maximum Gasteiger partial charge on any atom is 0.237 e. The fourth-order valence-corrected chi connectivity index (χ4v) is 2.84. The summed E-state index contributed by atoms with van der Waals surface area (Å²) < 4.78 is 5.30. The molecule has 1 atom stereocenters. The van der Waals surface area contributed by atoms with Gasteiger partial charge in [0, 0.05) is 13.2 Å². The van der Waals surface area contributed by atoms with E-state index < -0.39 is 6.04 Å². The summed E-state index contributed by atoms with van der Waals surface area (Å²) in [5.74, 6) is 0.823. The summed E-state index contributed by atoms with van der Waals surface area (Å²) >= 11 is 0. The molecule has 0 saturated carbocycles. The zero-order chi connectivity index (χ0) is 15.5. The molecular weight excluding hydrogens is 316 g/mol. The molecule has 1 amide bonds. The number of nitrogens with one attached hydrogen (secondary N) is 2. The Morgan fingerprint density at radius 2 is 2.22 bits per heavy atom. The number of aromatic nitrogens is 2. The minimum atomic E-state index is -0.476. The van der Waals surface area contributed by atoms with Gasteiger partial charge in [-0.3, -0.25) is 4.79 Å². The molecule has 7 heteroatoms. The van der Waals surface area contributed by atoms with Crippen LogP contribution in [0.1, 0.15) is 24.2 Å². The fraction of sp³-hybridized carbons (Fsp3) is 0.500. The normalized spacial score (nSPS) is 16.8. The number of imidazole rings is 1. The molecule has 0 radical (unpaired) electrons. The van der Waals surface area contributed by atoms with E-state index in [2.05, 4.69) is 15.3 Å². The van der Waals surface area contributed by atoms with E-state index in [1.165, 1.54) is 5.56 Å². The molecule has 0 aliphatic carbocycles. The fourth-order valence-electron chi connectivity index (χ4n) is 2.84. The van der Waals surface area contributed by atoms with Crippen LogP contribution < -0.4 is 11.1 Å². The number of benzene rings is 1. The molecule has 1 aromatic heterocycles. The summed E-state index contributed by atoms with van der Waals surface area (Å²) in [5.41, 5.74) is 9.12. The van der Waals surface area contributed by atoms with E-state index in [-0.39, 0.29) is 24.2 Å². The van der Waals surface area contributed by atoms with Crippen molar-refractivity contribution in [3.8, 4) is 0 Å². The van der Waals surface area contributed by atoms with Crippen molar-refractivity contribution in [2.45, 2.75) is 32.4 Å². The Labute approximate surface area is 141 Å². The van der Waals surface area contributed by atoms with Gasteiger partial charge in [0.2, 0.25) is 5.91 Å². The van der Waals surface area contributed by atoms with Gasteiger partial charge in [0.05, 0.1) is 23.6 Å². The standard InChI is InChI=1S/C16H22N4O2.ClH/c1-10-2-3-12-13(8-10)20-14(19-12)9-18-16(21)15(17)11-4-6-22-7-5-11;/h2-3,8,11,15H,4-7,9,17H2,1H3,(H,18,21)(H,19,20);1H. The van der Waals surface area contributed by atoms with E-state index in [9.17, 15) is 4.79 Å². The van der Waals surface area contributed by atoms with Crippen LogP contribution in [0.25, 0.3) is 11.0 Å². The topological polar surface area (TPSA) is 93.0 Å². The SMILES string of the molecule is Cc1ccc2nc(CNC(=O)C(N)C3CCOCC3)[nH]c2c1.Cl. The van der Waals surface area contributed by atoms with Crippen LogP contribution in [0.4, 0.5) is 0 Å². The summed E-state index contributed by atoms with van der Waals surface area (Å²) in [6.07, 6.45) is 1.69. The van der Waals surface area contributed by atoms with Crippen LogP contribution in [0.2, 0.25) is 0 Å². The van der Waals surface area contributed by atoms with Crippen molar-refractivity contribution in [1.29, 1.82) is 0 Å². The molecule has 1 aromatic carbocycles. The van der Waals surface area contributed by atoms with Gasteiger partial charge in [0.15, 0.2) is 0 Å². The lowest BCUT2D eigenvalue weighted by molar-refractivity contribution is -0.124. The molecule has 1 unspecified atom stereocenters. The number of nitrogens with two attached hydrogens (primary N) is 1. The largest absolute Gasteiger partial charge is 0.381 e. The smallest absolute Gasteiger partial charge is 0.237 e. The summed E-state index contributed by atoms with van der Waals surface area (Å²) in [6, 6.07) is 5.56. The van der Waals surface area contributed by atoms with E-state index in [0.717, 1.165) is 29.7 Å². The maximum atomic E-state index is 12.2. The van der Waals surface area contributed by atoms with E-state index in [0.29, 0.717) is 19.8 Å². The highest BCUT2D eigenvalue weighted by atomic mass is 35.5. The van der Waals surface area contributed by atoms with Crippen molar-refractivity contribution in [3.05, 3.63) is 29.6 Å². The monoisotopic (exact) mass is 338 g/mol. The lowest BCUT2D eigenvalue weighted by atomic mass is 9.92. The molecule has 2 heterocycles. The minimum absolute atomic E-state index is 0. The van der Waals surface area contributed by atoms with Gasteiger partial charge in [-0.25, -0.2) is 4.98 Å². The Kier molecular flexibility index (Phi) is 5.98. The number of carbonyl (C=O) groups is 1. The third kappa shape index (κ3) is 4.22. The second-order valence-electron chi connectivity index (χ2n) is 5.90. The first-order valence-electron chi connectivity index (χ1n) is 7.70. The first kappa shape index (κ1) is 17.7. The number of rotatable bonds is 4. The van der Waals surface area contributed by atoms with E-state index in [4.69, 9.17) is 10.5 Å². The second kappa shape index (κ2) is 7.77. The number of aryl methyl sites for hydroxylation is 1. The van der Waals surface area contributed by atoms with Crippen molar-refractivity contribution in [2.75, 3.05) is 13.2 Å². The molecule has 0 bridgehead atoms. The third-order valence-corrected chi connectivity index (χ3v) is 4.19. The van der Waals surface area contributed by atoms with Crippen molar-refractivity contribution in [1.82, 2.24) is 15.3 Å². The van der Waals surface area contributed by atoms with Crippen LogP contribution in [0.15, 0.2) is 18.2 Å². The molecule has 6 nitrogen and oxygen atoms in total. The number of ether oxygens (including phenoxy) is 1. The van der Waals surface area contributed by atoms with Crippen molar-refractivity contribution >= 4 is 29.3 Å². The number of nitrogens with zero attached hydrogens (tertiary/aromatic N) is 1. The maximum absolute atomic E-state index is 12.2. The van der Waals surface area contributed by atoms with Crippen LogP contribution in [0.3, 0.4) is 0 Å². The van der Waals surface area contributed by atoms with E-state index >= 15 is 0 Å². The van der Waals surface area contributed by atoms with Gasteiger partial charge >= 0.3 is 0 Å². The quantitative estimate of drug-likeness (QED) is 0.790. The number of hydrogen-bond donors (Lipinski definition) is 3. The first-order chi connectivity index (χ1) is 10.6. The minimum Gasteiger partial charge on any atom is -0.381 e. The lowest BCUT2D eigenvalue weighted by Crippen LogP contribution is -2.46. The van der Waals surface area contributed by atoms with Crippen LogP contribution in [-0.4, -0.2) is 35.1 Å². The average molecular weight is 339 g/mol. The van der Waals surface area contributed by atoms with Crippen molar-refractivity contribution in [3.63, 3.8) is 0 Å². The Hall–Kier alpha value is -1.63. The van der Waals surface area contributed by atoms with Gasteiger partial charge in [-0.15, -0.1) is 12.4 Å². The molecule has 4 N–H and O–H groups in total. The van der Waals surface area contributed by atoms with Gasteiger partial charge in [-0.2, -0.15) is 0 Å². The molecule has 1 saturated heterocycles. The number of amides is 1.